The molecule has 0 bridgehead atoms. The van der Waals surface area contributed by atoms with E-state index in [4.69, 9.17) is 5.11 Å². The predicted molar refractivity (Wildman–Crippen MR) is 58.5 cm³/mol. The van der Waals surface area contributed by atoms with Gasteiger partial charge in [-0.1, -0.05) is 6.07 Å². The third-order valence-electron chi connectivity index (χ3n) is 3.12. The molecule has 0 radical (unpaired) electrons. The number of anilines is 1. The van der Waals surface area contributed by atoms with Gasteiger partial charge in [0.1, 0.15) is 5.82 Å². The van der Waals surface area contributed by atoms with Crippen LogP contribution in [0.3, 0.4) is 0 Å². The highest BCUT2D eigenvalue weighted by Gasteiger charge is 2.37. The summed E-state index contributed by atoms with van der Waals surface area (Å²) in [5, 5.41) is 9.12. The van der Waals surface area contributed by atoms with Crippen LogP contribution in [0.1, 0.15) is 13.3 Å². The van der Waals surface area contributed by atoms with Gasteiger partial charge in [-0.05, 0) is 25.1 Å². The number of carbonyl (C=O) groups excluding carboxylic acids is 1. The van der Waals surface area contributed by atoms with Crippen LogP contribution in [0.15, 0.2) is 24.3 Å². The summed E-state index contributed by atoms with van der Waals surface area (Å²) in [5.74, 6) is -0.474. The van der Waals surface area contributed by atoms with Gasteiger partial charge in [-0.3, -0.25) is 4.79 Å². The van der Waals surface area contributed by atoms with Crippen molar-refractivity contribution in [3.8, 4) is 0 Å². The first-order chi connectivity index (χ1) is 7.63. The molecule has 86 valence electrons. The summed E-state index contributed by atoms with van der Waals surface area (Å²) < 4.78 is 13.1. The molecule has 0 saturated carbocycles. The SMILES string of the molecule is CC1C(CO)CC(=O)N1c1cccc(F)c1. The Bertz CT molecular complexity index is 408. The molecule has 4 heteroatoms. The minimum Gasteiger partial charge on any atom is -0.396 e. The van der Waals surface area contributed by atoms with Gasteiger partial charge in [0, 0.05) is 30.7 Å². The number of hydrogen-bond acceptors (Lipinski definition) is 2. The van der Waals surface area contributed by atoms with Crippen molar-refractivity contribution in [3.63, 3.8) is 0 Å². The molecule has 1 N–H and O–H groups in total. The lowest BCUT2D eigenvalue weighted by molar-refractivity contribution is -0.117. The van der Waals surface area contributed by atoms with E-state index in [-0.39, 0.29) is 30.3 Å². The molecule has 3 nitrogen and oxygen atoms in total. The minimum atomic E-state index is -0.357. The number of halogens is 1. The van der Waals surface area contributed by atoms with Crippen LogP contribution in [0, 0.1) is 11.7 Å². The maximum absolute atomic E-state index is 13.1. The van der Waals surface area contributed by atoms with Crippen LogP contribution in [0.5, 0.6) is 0 Å². The Hall–Kier alpha value is -1.42. The summed E-state index contributed by atoms with van der Waals surface area (Å²) in [6.07, 6.45) is 0.328. The van der Waals surface area contributed by atoms with E-state index in [1.807, 2.05) is 6.92 Å². The van der Waals surface area contributed by atoms with E-state index in [2.05, 4.69) is 0 Å². The Balaban J connectivity index is 2.30. The summed E-state index contributed by atoms with van der Waals surface area (Å²) in [4.78, 5) is 13.3. The summed E-state index contributed by atoms with van der Waals surface area (Å²) >= 11 is 0. The van der Waals surface area contributed by atoms with Crippen molar-refractivity contribution in [2.45, 2.75) is 19.4 Å². The molecular formula is C12H14FNO2. The lowest BCUT2D eigenvalue weighted by atomic mass is 10.0. The summed E-state index contributed by atoms with van der Waals surface area (Å²) in [7, 11) is 0. The summed E-state index contributed by atoms with van der Waals surface area (Å²) in [6.45, 7) is 1.86. The second kappa shape index (κ2) is 4.22. The van der Waals surface area contributed by atoms with Crippen LogP contribution in [-0.4, -0.2) is 23.7 Å². The first-order valence-electron chi connectivity index (χ1n) is 5.32. The monoisotopic (exact) mass is 223 g/mol. The first kappa shape index (κ1) is 11.1. The zero-order valence-electron chi connectivity index (χ0n) is 9.06. The fourth-order valence-corrected chi connectivity index (χ4v) is 2.15. The van der Waals surface area contributed by atoms with Crippen molar-refractivity contribution in [2.75, 3.05) is 11.5 Å². The topological polar surface area (TPSA) is 40.5 Å². The van der Waals surface area contributed by atoms with Gasteiger partial charge in [0.15, 0.2) is 0 Å². The van der Waals surface area contributed by atoms with Crippen LogP contribution in [0.4, 0.5) is 10.1 Å². The van der Waals surface area contributed by atoms with Crippen molar-refractivity contribution in [1.29, 1.82) is 0 Å². The Morgan fingerprint density at radius 2 is 2.31 bits per heavy atom. The molecule has 1 saturated heterocycles. The van der Waals surface area contributed by atoms with Gasteiger partial charge in [0.2, 0.25) is 5.91 Å². The molecule has 0 aromatic heterocycles. The van der Waals surface area contributed by atoms with E-state index in [0.717, 1.165) is 0 Å². The highest BCUT2D eigenvalue weighted by molar-refractivity contribution is 5.96. The molecule has 1 aliphatic heterocycles. The Morgan fingerprint density at radius 1 is 1.56 bits per heavy atom. The zero-order chi connectivity index (χ0) is 11.7. The molecule has 0 aliphatic carbocycles. The number of rotatable bonds is 2. The van der Waals surface area contributed by atoms with Crippen molar-refractivity contribution in [3.05, 3.63) is 30.1 Å². The molecule has 2 rings (SSSR count). The second-order valence-electron chi connectivity index (χ2n) is 4.13. The van der Waals surface area contributed by atoms with Crippen LogP contribution in [0.2, 0.25) is 0 Å². The Kier molecular flexibility index (Phi) is 2.92. The largest absolute Gasteiger partial charge is 0.396 e. The number of carbonyl (C=O) groups is 1. The second-order valence-corrected chi connectivity index (χ2v) is 4.13. The van der Waals surface area contributed by atoms with Crippen LogP contribution in [0.25, 0.3) is 0 Å². The van der Waals surface area contributed by atoms with Gasteiger partial charge in [0.25, 0.3) is 0 Å². The number of nitrogens with zero attached hydrogens (tertiary/aromatic N) is 1. The number of amides is 1. The average molecular weight is 223 g/mol. The Morgan fingerprint density at radius 3 is 2.88 bits per heavy atom. The predicted octanol–water partition coefficient (Wildman–Crippen LogP) is 1.56. The number of aliphatic hydroxyl groups excluding tert-OH is 1. The van der Waals surface area contributed by atoms with Crippen molar-refractivity contribution in [1.82, 2.24) is 0 Å². The van der Waals surface area contributed by atoms with Gasteiger partial charge >= 0.3 is 0 Å². The maximum Gasteiger partial charge on any atom is 0.227 e. The van der Waals surface area contributed by atoms with Crippen LogP contribution < -0.4 is 4.90 Å². The molecule has 1 heterocycles. The zero-order valence-corrected chi connectivity index (χ0v) is 9.06. The van der Waals surface area contributed by atoms with E-state index in [1.54, 1.807) is 17.0 Å². The normalized spacial score (nSPS) is 25.2. The standard InChI is InChI=1S/C12H14FNO2/c1-8-9(7-15)5-12(16)14(8)11-4-2-3-10(13)6-11/h2-4,6,8-9,15H,5,7H2,1H3. The highest BCUT2D eigenvalue weighted by Crippen LogP contribution is 2.30. The fourth-order valence-electron chi connectivity index (χ4n) is 2.15. The molecule has 2 atom stereocenters. The van der Waals surface area contributed by atoms with Gasteiger partial charge in [0.05, 0.1) is 0 Å². The molecule has 2 unspecified atom stereocenters. The van der Waals surface area contributed by atoms with E-state index >= 15 is 0 Å². The van der Waals surface area contributed by atoms with Gasteiger partial charge < -0.3 is 10.0 Å². The highest BCUT2D eigenvalue weighted by atomic mass is 19.1. The summed E-state index contributed by atoms with van der Waals surface area (Å²) in [6, 6.07) is 5.89. The van der Waals surface area contributed by atoms with Crippen LogP contribution >= 0.6 is 0 Å². The fraction of sp³-hybridized carbons (Fsp3) is 0.417. The molecular weight excluding hydrogens is 209 g/mol. The summed E-state index contributed by atoms with van der Waals surface area (Å²) in [5.41, 5.74) is 0.563. The van der Waals surface area contributed by atoms with Crippen molar-refractivity contribution < 1.29 is 14.3 Å². The molecule has 1 aliphatic rings. The van der Waals surface area contributed by atoms with E-state index in [1.165, 1.54) is 12.1 Å². The smallest absolute Gasteiger partial charge is 0.227 e. The quantitative estimate of drug-likeness (QED) is 0.826. The maximum atomic E-state index is 13.1. The number of aliphatic hydroxyl groups is 1. The van der Waals surface area contributed by atoms with Crippen molar-refractivity contribution in [2.24, 2.45) is 5.92 Å². The molecule has 1 amide bonds. The third kappa shape index (κ3) is 1.80. The molecule has 16 heavy (non-hydrogen) atoms. The minimum absolute atomic E-state index is 0.0152. The average Bonchev–Trinajstić information content (AvgIpc) is 2.53. The van der Waals surface area contributed by atoms with Gasteiger partial charge in [-0.15, -0.1) is 0 Å². The number of benzene rings is 1. The van der Waals surface area contributed by atoms with E-state index in [9.17, 15) is 9.18 Å². The van der Waals surface area contributed by atoms with E-state index in [0.29, 0.717) is 12.1 Å². The van der Waals surface area contributed by atoms with Crippen molar-refractivity contribution >= 4 is 11.6 Å². The Labute approximate surface area is 93.5 Å². The van der Waals surface area contributed by atoms with Gasteiger partial charge in [-0.2, -0.15) is 0 Å². The molecule has 1 aromatic rings. The first-order valence-corrected chi connectivity index (χ1v) is 5.32. The third-order valence-corrected chi connectivity index (χ3v) is 3.12. The van der Waals surface area contributed by atoms with E-state index < -0.39 is 0 Å². The lowest BCUT2D eigenvalue weighted by Crippen LogP contribution is -2.33. The molecule has 1 fully saturated rings. The molecule has 0 spiro atoms. The van der Waals surface area contributed by atoms with Gasteiger partial charge in [-0.25, -0.2) is 4.39 Å². The van der Waals surface area contributed by atoms with Crippen LogP contribution in [-0.2, 0) is 4.79 Å². The molecule has 1 aromatic carbocycles. The number of hydrogen-bond donors (Lipinski definition) is 1. The lowest BCUT2D eigenvalue weighted by Gasteiger charge is -2.24.